The van der Waals surface area contributed by atoms with Crippen LogP contribution in [0.2, 0.25) is 0 Å². The van der Waals surface area contributed by atoms with E-state index in [-0.39, 0.29) is 24.1 Å². The molecule has 2 aliphatic rings. The molecule has 0 radical (unpaired) electrons. The fourth-order valence-electron chi connectivity index (χ4n) is 4.43. The van der Waals surface area contributed by atoms with Crippen LogP contribution in [0.5, 0.6) is 0 Å². The highest BCUT2D eigenvalue weighted by Crippen LogP contribution is 2.32. The summed E-state index contributed by atoms with van der Waals surface area (Å²) in [7, 11) is 0. The fraction of sp³-hybridized carbons (Fsp3) is 0.259. The molecule has 1 N–H and O–H groups in total. The quantitative estimate of drug-likeness (QED) is 0.551. The number of hydrogen-bond donors (Lipinski definition) is 1. The zero-order valence-electron chi connectivity index (χ0n) is 18.7. The van der Waals surface area contributed by atoms with Gasteiger partial charge in [0, 0.05) is 24.5 Å². The van der Waals surface area contributed by atoms with Crippen molar-refractivity contribution in [2.45, 2.75) is 26.3 Å². The number of amides is 2. The van der Waals surface area contributed by atoms with Crippen LogP contribution in [0.15, 0.2) is 83.1 Å². The molecule has 0 bridgehead atoms. The number of rotatable bonds is 6. The molecule has 0 aliphatic carbocycles. The molecule has 168 valence electrons. The van der Waals surface area contributed by atoms with Crippen molar-refractivity contribution >= 4 is 28.8 Å². The first-order valence-corrected chi connectivity index (χ1v) is 11.4. The summed E-state index contributed by atoms with van der Waals surface area (Å²) in [5, 5.41) is 3.23. The molecule has 3 heterocycles. The van der Waals surface area contributed by atoms with Gasteiger partial charge in [-0.1, -0.05) is 37.3 Å². The number of anilines is 2. The lowest BCUT2D eigenvalue weighted by Crippen LogP contribution is -2.32. The average Bonchev–Trinajstić information content (AvgIpc) is 3.44. The molecule has 6 nitrogen and oxygen atoms in total. The highest BCUT2D eigenvalue weighted by molar-refractivity contribution is 6.36. The zero-order chi connectivity index (χ0) is 22.8. The number of carbonyl (C=O) groups excluding carboxylic acids is 2. The van der Waals surface area contributed by atoms with Gasteiger partial charge in [0.25, 0.3) is 11.8 Å². The van der Waals surface area contributed by atoms with Gasteiger partial charge in [0.2, 0.25) is 0 Å². The Morgan fingerprint density at radius 1 is 0.909 bits per heavy atom. The molecule has 2 aliphatic heterocycles. The van der Waals surface area contributed by atoms with Crippen LogP contribution in [0.3, 0.4) is 0 Å². The molecular formula is C27H27N3O3. The van der Waals surface area contributed by atoms with E-state index in [0.29, 0.717) is 16.9 Å². The maximum Gasteiger partial charge on any atom is 0.278 e. The van der Waals surface area contributed by atoms with Gasteiger partial charge < -0.3 is 14.6 Å². The van der Waals surface area contributed by atoms with Crippen molar-refractivity contribution in [1.82, 2.24) is 4.90 Å². The number of carbonyl (C=O) groups is 2. The lowest BCUT2D eigenvalue weighted by Gasteiger charge is -2.32. The monoisotopic (exact) mass is 441 g/mol. The van der Waals surface area contributed by atoms with Crippen molar-refractivity contribution in [3.8, 4) is 0 Å². The topological polar surface area (TPSA) is 65.8 Å². The number of imide groups is 1. The van der Waals surface area contributed by atoms with E-state index in [1.54, 1.807) is 12.1 Å². The van der Waals surface area contributed by atoms with Gasteiger partial charge in [0.15, 0.2) is 0 Å². The Hall–Kier alpha value is -3.80. The third-order valence-electron chi connectivity index (χ3n) is 6.41. The Labute approximate surface area is 193 Å². The molecule has 0 unspecified atom stereocenters. The van der Waals surface area contributed by atoms with Crippen LogP contribution < -0.4 is 10.2 Å². The van der Waals surface area contributed by atoms with Crippen LogP contribution in [-0.4, -0.2) is 29.8 Å². The Bertz CT molecular complexity index is 1160. The molecule has 6 heteroatoms. The maximum absolute atomic E-state index is 13.3. The average molecular weight is 442 g/mol. The van der Waals surface area contributed by atoms with Crippen molar-refractivity contribution in [1.29, 1.82) is 0 Å². The summed E-state index contributed by atoms with van der Waals surface area (Å²) in [4.78, 5) is 30.2. The van der Waals surface area contributed by atoms with E-state index in [4.69, 9.17) is 4.42 Å². The van der Waals surface area contributed by atoms with Crippen LogP contribution in [-0.2, 0) is 16.1 Å². The number of piperidine rings is 1. The highest BCUT2D eigenvalue weighted by atomic mass is 16.3. The zero-order valence-corrected chi connectivity index (χ0v) is 18.7. The first-order chi connectivity index (χ1) is 16.1. The summed E-state index contributed by atoms with van der Waals surface area (Å²) < 4.78 is 5.37. The molecule has 0 saturated carbocycles. The van der Waals surface area contributed by atoms with Crippen LogP contribution in [0.25, 0.3) is 5.57 Å². The van der Waals surface area contributed by atoms with Crippen molar-refractivity contribution < 1.29 is 14.0 Å². The van der Waals surface area contributed by atoms with Gasteiger partial charge >= 0.3 is 0 Å². The van der Waals surface area contributed by atoms with E-state index in [9.17, 15) is 9.59 Å². The van der Waals surface area contributed by atoms with E-state index in [1.165, 1.54) is 29.7 Å². The van der Waals surface area contributed by atoms with Gasteiger partial charge in [0.1, 0.15) is 11.5 Å². The summed E-state index contributed by atoms with van der Waals surface area (Å²) >= 11 is 0. The van der Waals surface area contributed by atoms with Gasteiger partial charge in [-0.05, 0) is 60.7 Å². The number of benzene rings is 2. The minimum Gasteiger partial charge on any atom is -0.467 e. The van der Waals surface area contributed by atoms with Crippen LogP contribution in [0.1, 0.15) is 31.1 Å². The molecule has 2 aromatic carbocycles. The second kappa shape index (κ2) is 8.98. The van der Waals surface area contributed by atoms with Crippen molar-refractivity contribution in [3.63, 3.8) is 0 Å². The van der Waals surface area contributed by atoms with Crippen LogP contribution in [0.4, 0.5) is 11.4 Å². The van der Waals surface area contributed by atoms with E-state index in [0.717, 1.165) is 24.7 Å². The third kappa shape index (κ3) is 4.29. The number of furan rings is 1. The summed E-state index contributed by atoms with van der Waals surface area (Å²) in [6, 6.07) is 20.9. The third-order valence-corrected chi connectivity index (χ3v) is 6.41. The van der Waals surface area contributed by atoms with E-state index < -0.39 is 0 Å². The SMILES string of the molecule is CC1CCN(c2ccc(NC3=C(c4ccccc4)C(=O)N(Cc4ccco4)C3=O)cc2)CC1. The van der Waals surface area contributed by atoms with E-state index in [2.05, 4.69) is 29.3 Å². The number of nitrogens with zero attached hydrogens (tertiary/aromatic N) is 2. The summed E-state index contributed by atoms with van der Waals surface area (Å²) in [5.41, 5.74) is 3.32. The summed E-state index contributed by atoms with van der Waals surface area (Å²) in [6.45, 7) is 4.52. The molecular weight excluding hydrogens is 414 g/mol. The normalized spacial score (nSPS) is 17.2. The molecule has 0 spiro atoms. The molecule has 1 saturated heterocycles. The second-order valence-corrected chi connectivity index (χ2v) is 8.73. The Morgan fingerprint density at radius 2 is 1.64 bits per heavy atom. The molecule has 33 heavy (non-hydrogen) atoms. The van der Waals surface area contributed by atoms with Gasteiger partial charge in [-0.25, -0.2) is 0 Å². The first-order valence-electron chi connectivity index (χ1n) is 11.4. The van der Waals surface area contributed by atoms with Gasteiger partial charge in [-0.3, -0.25) is 14.5 Å². The molecule has 0 atom stereocenters. The maximum atomic E-state index is 13.3. The van der Waals surface area contributed by atoms with Crippen molar-refractivity contribution in [2.75, 3.05) is 23.3 Å². The standard InChI is InChI=1S/C27H27N3O3/c1-19-13-15-29(16-14-19)22-11-9-21(10-12-22)28-25-24(20-6-3-2-4-7-20)26(31)30(27(25)32)18-23-8-5-17-33-23/h2-12,17,19,28H,13-16,18H2,1H3. The summed E-state index contributed by atoms with van der Waals surface area (Å²) in [6.07, 6.45) is 3.94. The minimum atomic E-state index is -0.357. The largest absolute Gasteiger partial charge is 0.467 e. The smallest absolute Gasteiger partial charge is 0.278 e. The number of nitrogens with one attached hydrogen (secondary N) is 1. The Balaban J connectivity index is 1.41. The van der Waals surface area contributed by atoms with Crippen LogP contribution >= 0.6 is 0 Å². The fourth-order valence-corrected chi connectivity index (χ4v) is 4.43. The highest BCUT2D eigenvalue weighted by Gasteiger charge is 2.39. The van der Waals surface area contributed by atoms with E-state index >= 15 is 0 Å². The van der Waals surface area contributed by atoms with E-state index in [1.807, 2.05) is 42.5 Å². The first kappa shape index (κ1) is 21.1. The molecule has 3 aromatic rings. The lowest BCUT2D eigenvalue weighted by atomic mass is 9.99. The molecule has 2 amide bonds. The Kier molecular flexibility index (Phi) is 5.73. The van der Waals surface area contributed by atoms with Crippen molar-refractivity contribution in [2.24, 2.45) is 5.92 Å². The predicted octanol–water partition coefficient (Wildman–Crippen LogP) is 4.91. The van der Waals surface area contributed by atoms with Gasteiger partial charge in [-0.15, -0.1) is 0 Å². The molecule has 5 rings (SSSR count). The van der Waals surface area contributed by atoms with Gasteiger partial charge in [-0.2, -0.15) is 0 Å². The second-order valence-electron chi connectivity index (χ2n) is 8.73. The predicted molar refractivity (Wildman–Crippen MR) is 128 cm³/mol. The molecule has 1 fully saturated rings. The minimum absolute atomic E-state index is 0.0957. The van der Waals surface area contributed by atoms with Crippen LogP contribution in [0, 0.1) is 5.92 Å². The van der Waals surface area contributed by atoms with Gasteiger partial charge in [0.05, 0.1) is 18.4 Å². The lowest BCUT2D eigenvalue weighted by molar-refractivity contribution is -0.137. The Morgan fingerprint density at radius 3 is 2.30 bits per heavy atom. The summed E-state index contributed by atoms with van der Waals surface area (Å²) in [5.74, 6) is 0.652. The molecule has 1 aromatic heterocycles. The van der Waals surface area contributed by atoms with Crippen molar-refractivity contribution in [3.05, 3.63) is 90.0 Å². The number of hydrogen-bond acceptors (Lipinski definition) is 5.